The van der Waals surface area contributed by atoms with Crippen LogP contribution in [0.3, 0.4) is 0 Å². The molecule has 0 saturated carbocycles. The van der Waals surface area contributed by atoms with E-state index < -0.39 is 0 Å². The lowest BCUT2D eigenvalue weighted by atomic mass is 10.2. The fraction of sp³-hybridized carbons (Fsp3) is 0.286. The first-order valence-corrected chi connectivity index (χ1v) is 7.98. The summed E-state index contributed by atoms with van der Waals surface area (Å²) in [5.41, 5.74) is 2.17. The molecule has 4 nitrogen and oxygen atoms in total. The number of hydrogen-bond donors (Lipinski definition) is 2. The van der Waals surface area contributed by atoms with Crippen LogP contribution in [-0.4, -0.2) is 16.5 Å². The molecule has 0 aliphatic carbocycles. The third-order valence-corrected chi connectivity index (χ3v) is 4.02. The lowest BCUT2D eigenvalue weighted by Gasteiger charge is -2.13. The third-order valence-electron chi connectivity index (χ3n) is 2.77. The van der Waals surface area contributed by atoms with E-state index >= 15 is 0 Å². The number of aromatic nitrogens is 2. The van der Waals surface area contributed by atoms with Gasteiger partial charge >= 0.3 is 0 Å². The summed E-state index contributed by atoms with van der Waals surface area (Å²) in [7, 11) is 0. The maximum atomic E-state index is 4.29. The molecular formula is C14H16Br2N4. The first kappa shape index (κ1) is 15.3. The minimum absolute atomic E-state index is 0.754. The summed E-state index contributed by atoms with van der Waals surface area (Å²) in [5.74, 6) is 1.56. The number of nitrogens with zero attached hydrogens (tertiary/aromatic N) is 2. The Labute approximate surface area is 135 Å². The van der Waals surface area contributed by atoms with Crippen molar-refractivity contribution in [1.29, 1.82) is 0 Å². The first-order valence-electron chi connectivity index (χ1n) is 6.39. The fourth-order valence-corrected chi connectivity index (χ4v) is 2.64. The highest BCUT2D eigenvalue weighted by molar-refractivity contribution is 9.11. The highest BCUT2D eigenvalue weighted by atomic mass is 79.9. The van der Waals surface area contributed by atoms with Crippen LogP contribution in [0.15, 0.2) is 33.5 Å². The molecule has 0 amide bonds. The predicted molar refractivity (Wildman–Crippen MR) is 90.7 cm³/mol. The van der Waals surface area contributed by atoms with Crippen LogP contribution in [0.25, 0.3) is 0 Å². The monoisotopic (exact) mass is 398 g/mol. The van der Waals surface area contributed by atoms with E-state index in [0.717, 1.165) is 44.8 Å². The summed E-state index contributed by atoms with van der Waals surface area (Å²) >= 11 is 7.01. The van der Waals surface area contributed by atoms with Crippen LogP contribution in [0.1, 0.15) is 18.9 Å². The number of anilines is 3. The van der Waals surface area contributed by atoms with Crippen LogP contribution in [-0.2, 0) is 0 Å². The molecule has 0 bridgehead atoms. The quantitative estimate of drug-likeness (QED) is 0.752. The molecule has 20 heavy (non-hydrogen) atoms. The largest absolute Gasteiger partial charge is 0.369 e. The molecule has 0 saturated heterocycles. The topological polar surface area (TPSA) is 49.8 Å². The van der Waals surface area contributed by atoms with Gasteiger partial charge in [-0.25, -0.2) is 9.97 Å². The molecule has 2 aromatic rings. The Kier molecular flexibility index (Phi) is 5.37. The zero-order valence-electron chi connectivity index (χ0n) is 11.4. The molecule has 1 aromatic carbocycles. The minimum atomic E-state index is 0.754. The molecule has 0 atom stereocenters. The van der Waals surface area contributed by atoms with E-state index in [4.69, 9.17) is 0 Å². The molecule has 0 aliphatic rings. The summed E-state index contributed by atoms with van der Waals surface area (Å²) in [4.78, 5) is 8.52. The number of halogens is 2. The number of rotatable bonds is 5. The Morgan fingerprint density at radius 2 is 1.90 bits per heavy atom. The van der Waals surface area contributed by atoms with Crippen LogP contribution in [0.2, 0.25) is 0 Å². The number of nitrogens with one attached hydrogen (secondary N) is 2. The SMILES string of the molecule is CCCNc1ncnc(Nc2ccc(Br)cc2C)c1Br. The van der Waals surface area contributed by atoms with E-state index in [1.165, 1.54) is 0 Å². The van der Waals surface area contributed by atoms with Gasteiger partial charge in [0.25, 0.3) is 0 Å². The van der Waals surface area contributed by atoms with Crippen molar-refractivity contribution in [1.82, 2.24) is 9.97 Å². The fourth-order valence-electron chi connectivity index (χ4n) is 1.72. The van der Waals surface area contributed by atoms with Crippen LogP contribution in [0.4, 0.5) is 17.3 Å². The highest BCUT2D eigenvalue weighted by Gasteiger charge is 2.09. The van der Waals surface area contributed by atoms with E-state index in [1.54, 1.807) is 6.33 Å². The Balaban J connectivity index is 2.24. The Bertz CT molecular complexity index is 602. The molecule has 0 spiro atoms. The number of aryl methyl sites for hydroxylation is 1. The predicted octanol–water partition coefficient (Wildman–Crippen LogP) is 4.88. The van der Waals surface area contributed by atoms with E-state index in [9.17, 15) is 0 Å². The van der Waals surface area contributed by atoms with Gasteiger partial charge in [-0.05, 0) is 53.0 Å². The zero-order valence-corrected chi connectivity index (χ0v) is 14.5. The molecule has 0 fully saturated rings. The number of hydrogen-bond acceptors (Lipinski definition) is 4. The standard InChI is InChI=1S/C14H16Br2N4/c1-3-6-17-13-12(16)14(19-8-18-13)20-11-5-4-10(15)7-9(11)2/h4-5,7-8H,3,6H2,1-2H3,(H2,17,18,19,20). The van der Waals surface area contributed by atoms with E-state index in [2.05, 4.69) is 72.4 Å². The van der Waals surface area contributed by atoms with Gasteiger partial charge in [-0.15, -0.1) is 0 Å². The van der Waals surface area contributed by atoms with Crippen molar-refractivity contribution in [3.8, 4) is 0 Å². The van der Waals surface area contributed by atoms with Gasteiger partial charge in [0.2, 0.25) is 0 Å². The molecule has 2 rings (SSSR count). The average molecular weight is 400 g/mol. The Morgan fingerprint density at radius 3 is 2.60 bits per heavy atom. The molecule has 0 radical (unpaired) electrons. The second-order valence-corrected chi connectivity index (χ2v) is 6.10. The van der Waals surface area contributed by atoms with Crippen molar-refractivity contribution in [2.24, 2.45) is 0 Å². The van der Waals surface area contributed by atoms with Crippen molar-refractivity contribution in [2.45, 2.75) is 20.3 Å². The van der Waals surface area contributed by atoms with Crippen molar-refractivity contribution in [3.63, 3.8) is 0 Å². The average Bonchev–Trinajstić information content (AvgIpc) is 2.42. The second-order valence-electron chi connectivity index (χ2n) is 4.40. The van der Waals surface area contributed by atoms with Crippen molar-refractivity contribution in [3.05, 3.63) is 39.0 Å². The van der Waals surface area contributed by atoms with Crippen LogP contribution in [0, 0.1) is 6.92 Å². The summed E-state index contributed by atoms with van der Waals surface area (Å²) in [6.45, 7) is 5.05. The third kappa shape index (κ3) is 3.70. The lowest BCUT2D eigenvalue weighted by Crippen LogP contribution is -2.05. The van der Waals surface area contributed by atoms with Gasteiger partial charge in [-0.2, -0.15) is 0 Å². The van der Waals surface area contributed by atoms with Gasteiger partial charge in [0.05, 0.1) is 0 Å². The van der Waals surface area contributed by atoms with Gasteiger partial charge < -0.3 is 10.6 Å². The Morgan fingerprint density at radius 1 is 1.15 bits per heavy atom. The lowest BCUT2D eigenvalue weighted by molar-refractivity contribution is 0.962. The molecule has 106 valence electrons. The van der Waals surface area contributed by atoms with E-state index in [1.807, 2.05) is 12.1 Å². The van der Waals surface area contributed by atoms with Gasteiger partial charge in [-0.3, -0.25) is 0 Å². The summed E-state index contributed by atoms with van der Waals surface area (Å²) in [5, 5.41) is 6.59. The van der Waals surface area contributed by atoms with Crippen LogP contribution >= 0.6 is 31.9 Å². The van der Waals surface area contributed by atoms with Crippen molar-refractivity contribution < 1.29 is 0 Å². The van der Waals surface area contributed by atoms with E-state index in [-0.39, 0.29) is 0 Å². The van der Waals surface area contributed by atoms with Crippen molar-refractivity contribution >= 4 is 49.2 Å². The number of benzene rings is 1. The van der Waals surface area contributed by atoms with Gasteiger partial charge in [0.1, 0.15) is 22.4 Å². The van der Waals surface area contributed by atoms with Crippen LogP contribution in [0.5, 0.6) is 0 Å². The Hall–Kier alpha value is -1.14. The maximum Gasteiger partial charge on any atom is 0.150 e. The molecule has 0 unspecified atom stereocenters. The summed E-state index contributed by atoms with van der Waals surface area (Å²) < 4.78 is 1.91. The van der Waals surface area contributed by atoms with E-state index in [0.29, 0.717) is 0 Å². The minimum Gasteiger partial charge on any atom is -0.369 e. The molecule has 2 N–H and O–H groups in total. The highest BCUT2D eigenvalue weighted by Crippen LogP contribution is 2.30. The van der Waals surface area contributed by atoms with Gasteiger partial charge in [0.15, 0.2) is 0 Å². The normalized spacial score (nSPS) is 10.4. The van der Waals surface area contributed by atoms with Gasteiger partial charge in [-0.1, -0.05) is 22.9 Å². The smallest absolute Gasteiger partial charge is 0.150 e. The molecular weight excluding hydrogens is 384 g/mol. The molecule has 1 heterocycles. The zero-order chi connectivity index (χ0) is 14.5. The van der Waals surface area contributed by atoms with Crippen molar-refractivity contribution in [2.75, 3.05) is 17.2 Å². The second kappa shape index (κ2) is 7.04. The van der Waals surface area contributed by atoms with Crippen LogP contribution < -0.4 is 10.6 Å². The summed E-state index contributed by atoms with van der Waals surface area (Å²) in [6, 6.07) is 6.08. The molecule has 0 aliphatic heterocycles. The van der Waals surface area contributed by atoms with Gasteiger partial charge in [0, 0.05) is 16.7 Å². The molecule has 6 heteroatoms. The summed E-state index contributed by atoms with van der Waals surface area (Å²) in [6.07, 6.45) is 2.60. The molecule has 1 aromatic heterocycles. The maximum absolute atomic E-state index is 4.29. The first-order chi connectivity index (χ1) is 9.61.